The number of amides is 1. The van der Waals surface area contributed by atoms with Gasteiger partial charge in [0.2, 0.25) is 0 Å². The first kappa shape index (κ1) is 14.6. The molecular formula is C13H15F3N2O2. The van der Waals surface area contributed by atoms with Crippen molar-refractivity contribution in [2.75, 3.05) is 25.9 Å². The third-order valence-corrected chi connectivity index (χ3v) is 3.38. The summed E-state index contributed by atoms with van der Waals surface area (Å²) in [4.78, 5) is 13.7. The second-order valence-corrected chi connectivity index (χ2v) is 4.70. The van der Waals surface area contributed by atoms with Crippen LogP contribution in [0.25, 0.3) is 0 Å². The second-order valence-electron chi connectivity index (χ2n) is 4.70. The third kappa shape index (κ3) is 2.87. The predicted molar refractivity (Wildman–Crippen MR) is 67.2 cm³/mol. The number of hydrogen-bond donors (Lipinski definition) is 1. The Morgan fingerprint density at radius 3 is 2.70 bits per heavy atom. The maximum Gasteiger partial charge on any atom is 0.416 e. The number of nitrogens with zero attached hydrogens (tertiary/aromatic N) is 1. The monoisotopic (exact) mass is 288 g/mol. The molecule has 20 heavy (non-hydrogen) atoms. The normalized spacial score (nSPS) is 19.4. The van der Waals surface area contributed by atoms with Gasteiger partial charge in [-0.15, -0.1) is 0 Å². The summed E-state index contributed by atoms with van der Waals surface area (Å²) < 4.78 is 43.1. The number of nitrogen functional groups attached to an aromatic ring is 1. The van der Waals surface area contributed by atoms with Gasteiger partial charge in [0, 0.05) is 25.9 Å². The zero-order chi connectivity index (χ0) is 14.9. The Morgan fingerprint density at radius 1 is 1.45 bits per heavy atom. The Hall–Kier alpha value is -1.76. The van der Waals surface area contributed by atoms with Crippen LogP contribution in [0.1, 0.15) is 22.3 Å². The van der Waals surface area contributed by atoms with Crippen LogP contribution in [0.15, 0.2) is 18.2 Å². The summed E-state index contributed by atoms with van der Waals surface area (Å²) in [5, 5.41) is 0. The number of rotatable bonds is 2. The van der Waals surface area contributed by atoms with Gasteiger partial charge in [0.15, 0.2) is 0 Å². The molecule has 0 spiro atoms. The standard InChI is InChI=1S/C13H15F3N2O2/c1-20-9-4-5-18(7-9)12(19)10-6-8(13(14,15)16)2-3-11(10)17/h2-3,6,9H,4-5,7,17H2,1H3. The van der Waals surface area contributed by atoms with Gasteiger partial charge >= 0.3 is 6.18 Å². The quantitative estimate of drug-likeness (QED) is 0.848. The number of anilines is 1. The molecule has 1 aliphatic rings. The minimum atomic E-state index is -4.50. The Kier molecular flexibility index (Phi) is 3.89. The Bertz CT molecular complexity index is 517. The maximum absolute atomic E-state index is 12.7. The molecule has 1 unspecified atom stereocenters. The molecule has 1 aromatic carbocycles. The highest BCUT2D eigenvalue weighted by Gasteiger charge is 2.33. The smallest absolute Gasteiger partial charge is 0.398 e. The van der Waals surface area contributed by atoms with E-state index in [1.165, 1.54) is 12.0 Å². The summed E-state index contributed by atoms with van der Waals surface area (Å²) in [5.41, 5.74) is 4.68. The SMILES string of the molecule is COC1CCN(C(=O)c2cc(C(F)(F)F)ccc2N)C1. The molecule has 110 valence electrons. The summed E-state index contributed by atoms with van der Waals surface area (Å²) in [6.45, 7) is 0.818. The van der Waals surface area contributed by atoms with Crippen molar-refractivity contribution in [2.45, 2.75) is 18.7 Å². The van der Waals surface area contributed by atoms with Crippen molar-refractivity contribution in [3.63, 3.8) is 0 Å². The molecule has 0 saturated carbocycles. The minimum Gasteiger partial charge on any atom is -0.398 e. The highest BCUT2D eigenvalue weighted by molar-refractivity contribution is 5.99. The van der Waals surface area contributed by atoms with Crippen LogP contribution in [0.4, 0.5) is 18.9 Å². The van der Waals surface area contributed by atoms with Crippen molar-refractivity contribution < 1.29 is 22.7 Å². The van der Waals surface area contributed by atoms with E-state index < -0.39 is 17.6 Å². The summed E-state index contributed by atoms with van der Waals surface area (Å²) in [6, 6.07) is 2.78. The second kappa shape index (κ2) is 5.32. The number of alkyl halides is 3. The first-order valence-corrected chi connectivity index (χ1v) is 6.11. The number of carbonyl (C=O) groups is 1. The topological polar surface area (TPSA) is 55.6 Å². The molecule has 7 heteroatoms. The molecule has 1 saturated heterocycles. The van der Waals surface area contributed by atoms with Gasteiger partial charge in [-0.1, -0.05) is 0 Å². The summed E-state index contributed by atoms with van der Waals surface area (Å²) in [5.74, 6) is -0.492. The summed E-state index contributed by atoms with van der Waals surface area (Å²) in [6.07, 6.45) is -3.91. The molecule has 1 fully saturated rings. The van der Waals surface area contributed by atoms with Gasteiger partial charge in [-0.3, -0.25) is 4.79 Å². The first-order valence-electron chi connectivity index (χ1n) is 6.11. The van der Waals surface area contributed by atoms with E-state index in [4.69, 9.17) is 10.5 Å². The number of ether oxygens (including phenoxy) is 1. The summed E-state index contributed by atoms with van der Waals surface area (Å²) in [7, 11) is 1.54. The van der Waals surface area contributed by atoms with Gasteiger partial charge in [-0.05, 0) is 24.6 Å². The van der Waals surface area contributed by atoms with Crippen LogP contribution in [0.3, 0.4) is 0 Å². The van der Waals surface area contributed by atoms with Crippen molar-refractivity contribution in [2.24, 2.45) is 0 Å². The van der Waals surface area contributed by atoms with E-state index in [2.05, 4.69) is 0 Å². The lowest BCUT2D eigenvalue weighted by molar-refractivity contribution is -0.137. The zero-order valence-electron chi connectivity index (χ0n) is 10.9. The molecule has 1 amide bonds. The Labute approximate surface area is 114 Å². The number of hydrogen-bond acceptors (Lipinski definition) is 3. The van der Waals surface area contributed by atoms with Crippen LogP contribution >= 0.6 is 0 Å². The van der Waals surface area contributed by atoms with E-state index >= 15 is 0 Å². The molecule has 0 radical (unpaired) electrons. The molecule has 1 heterocycles. The van der Waals surface area contributed by atoms with E-state index in [0.717, 1.165) is 18.2 Å². The molecule has 0 bridgehead atoms. The van der Waals surface area contributed by atoms with Gasteiger partial charge in [-0.2, -0.15) is 13.2 Å². The van der Waals surface area contributed by atoms with Crippen LogP contribution in [-0.2, 0) is 10.9 Å². The van der Waals surface area contributed by atoms with Crippen LogP contribution in [0, 0.1) is 0 Å². The number of likely N-dealkylation sites (tertiary alicyclic amines) is 1. The first-order chi connectivity index (χ1) is 9.32. The molecule has 1 aromatic rings. The van der Waals surface area contributed by atoms with Crippen molar-refractivity contribution in [3.05, 3.63) is 29.3 Å². The van der Waals surface area contributed by atoms with Crippen LogP contribution in [0.5, 0.6) is 0 Å². The molecule has 0 aliphatic carbocycles. The molecule has 0 aromatic heterocycles. The van der Waals surface area contributed by atoms with Crippen LogP contribution < -0.4 is 5.73 Å². The van der Waals surface area contributed by atoms with E-state index in [1.807, 2.05) is 0 Å². The lowest BCUT2D eigenvalue weighted by Crippen LogP contribution is -2.30. The zero-order valence-corrected chi connectivity index (χ0v) is 10.9. The highest BCUT2D eigenvalue weighted by Crippen LogP contribution is 2.31. The largest absolute Gasteiger partial charge is 0.416 e. The molecule has 2 rings (SSSR count). The fourth-order valence-electron chi connectivity index (χ4n) is 2.19. The number of methoxy groups -OCH3 is 1. The summed E-state index contributed by atoms with van der Waals surface area (Å²) >= 11 is 0. The number of nitrogens with two attached hydrogens (primary N) is 1. The Morgan fingerprint density at radius 2 is 2.15 bits per heavy atom. The van der Waals surface area contributed by atoms with Crippen molar-refractivity contribution in [3.8, 4) is 0 Å². The van der Waals surface area contributed by atoms with E-state index in [1.54, 1.807) is 0 Å². The average Bonchev–Trinajstić information content (AvgIpc) is 2.86. The number of benzene rings is 1. The molecule has 4 nitrogen and oxygen atoms in total. The van der Waals surface area contributed by atoms with Crippen molar-refractivity contribution >= 4 is 11.6 Å². The lowest BCUT2D eigenvalue weighted by Gasteiger charge is -2.18. The van der Waals surface area contributed by atoms with Gasteiger partial charge in [0.1, 0.15) is 0 Å². The predicted octanol–water partition coefficient (Wildman–Crippen LogP) is 2.15. The van der Waals surface area contributed by atoms with E-state index in [-0.39, 0.29) is 17.4 Å². The van der Waals surface area contributed by atoms with Crippen molar-refractivity contribution in [1.29, 1.82) is 0 Å². The van der Waals surface area contributed by atoms with Gasteiger partial charge in [-0.25, -0.2) is 0 Å². The van der Waals surface area contributed by atoms with Gasteiger partial charge < -0.3 is 15.4 Å². The fraction of sp³-hybridized carbons (Fsp3) is 0.462. The maximum atomic E-state index is 12.7. The average molecular weight is 288 g/mol. The van der Waals surface area contributed by atoms with Crippen molar-refractivity contribution in [1.82, 2.24) is 4.90 Å². The Balaban J connectivity index is 2.26. The molecule has 1 aliphatic heterocycles. The highest BCUT2D eigenvalue weighted by atomic mass is 19.4. The third-order valence-electron chi connectivity index (χ3n) is 3.38. The van der Waals surface area contributed by atoms with E-state index in [9.17, 15) is 18.0 Å². The fourth-order valence-corrected chi connectivity index (χ4v) is 2.19. The lowest BCUT2D eigenvalue weighted by atomic mass is 10.1. The number of halogens is 3. The van der Waals surface area contributed by atoms with Crippen LogP contribution in [-0.4, -0.2) is 37.1 Å². The van der Waals surface area contributed by atoms with E-state index in [0.29, 0.717) is 19.5 Å². The number of carbonyl (C=O) groups excluding carboxylic acids is 1. The minimum absolute atomic E-state index is 0.0452. The van der Waals surface area contributed by atoms with Gasteiger partial charge in [0.25, 0.3) is 5.91 Å². The molecule has 1 atom stereocenters. The van der Waals surface area contributed by atoms with Gasteiger partial charge in [0.05, 0.1) is 17.2 Å². The molecule has 2 N–H and O–H groups in total. The van der Waals surface area contributed by atoms with Crippen LogP contribution in [0.2, 0.25) is 0 Å². The molecular weight excluding hydrogens is 273 g/mol.